The molecule has 1 aromatic rings. The van der Waals surface area contributed by atoms with Crippen molar-refractivity contribution in [3.8, 4) is 0 Å². The van der Waals surface area contributed by atoms with Gasteiger partial charge in [-0.05, 0) is 39.0 Å². The van der Waals surface area contributed by atoms with Crippen molar-refractivity contribution in [3.63, 3.8) is 0 Å². The van der Waals surface area contributed by atoms with Crippen molar-refractivity contribution in [2.24, 2.45) is 0 Å². The van der Waals surface area contributed by atoms with E-state index in [0.717, 1.165) is 0 Å². The van der Waals surface area contributed by atoms with Crippen molar-refractivity contribution >= 4 is 5.69 Å². The highest BCUT2D eigenvalue weighted by atomic mass is 19.1. The number of rotatable bonds is 5. The molecule has 1 atom stereocenters. The standard InChI is InChI=1S/C13H20FNO2/c1-13(2,3)17-9-12(16)8-15-11-6-4-5-10(14)7-11/h4-7,12,15-16H,8-9H2,1-3H3. The molecule has 1 rings (SSSR count). The van der Waals surface area contributed by atoms with Crippen LogP contribution in [-0.4, -0.2) is 30.0 Å². The van der Waals surface area contributed by atoms with Crippen LogP contribution in [0.1, 0.15) is 20.8 Å². The van der Waals surface area contributed by atoms with E-state index in [1.54, 1.807) is 12.1 Å². The van der Waals surface area contributed by atoms with Gasteiger partial charge in [0.05, 0.1) is 18.3 Å². The van der Waals surface area contributed by atoms with Gasteiger partial charge in [-0.3, -0.25) is 0 Å². The maximum atomic E-state index is 12.9. The van der Waals surface area contributed by atoms with Crippen molar-refractivity contribution in [2.45, 2.75) is 32.5 Å². The molecule has 1 unspecified atom stereocenters. The summed E-state index contributed by atoms with van der Waals surface area (Å²) in [5, 5.41) is 12.6. The number of aliphatic hydroxyl groups is 1. The van der Waals surface area contributed by atoms with E-state index in [4.69, 9.17) is 4.74 Å². The first-order valence-corrected chi connectivity index (χ1v) is 5.68. The molecule has 0 aliphatic carbocycles. The Morgan fingerprint density at radius 3 is 2.71 bits per heavy atom. The molecule has 0 fully saturated rings. The fraction of sp³-hybridized carbons (Fsp3) is 0.538. The van der Waals surface area contributed by atoms with Crippen LogP contribution in [0.5, 0.6) is 0 Å². The lowest BCUT2D eigenvalue weighted by molar-refractivity contribution is -0.0449. The van der Waals surface area contributed by atoms with E-state index < -0.39 is 6.10 Å². The third kappa shape index (κ3) is 6.24. The predicted molar refractivity (Wildman–Crippen MR) is 66.6 cm³/mol. The van der Waals surface area contributed by atoms with E-state index in [2.05, 4.69) is 5.32 Å². The number of aliphatic hydroxyl groups excluding tert-OH is 1. The van der Waals surface area contributed by atoms with Gasteiger partial charge in [0.15, 0.2) is 0 Å². The molecule has 96 valence electrons. The number of nitrogens with one attached hydrogen (secondary N) is 1. The monoisotopic (exact) mass is 241 g/mol. The molecule has 0 heterocycles. The van der Waals surface area contributed by atoms with E-state index in [0.29, 0.717) is 12.2 Å². The lowest BCUT2D eigenvalue weighted by atomic mass is 10.2. The number of hydrogen-bond acceptors (Lipinski definition) is 3. The maximum absolute atomic E-state index is 12.9. The second-order valence-corrected chi connectivity index (χ2v) is 4.97. The summed E-state index contributed by atoms with van der Waals surface area (Å²) in [6.07, 6.45) is -0.613. The van der Waals surface area contributed by atoms with Crippen LogP contribution in [0.3, 0.4) is 0 Å². The molecule has 17 heavy (non-hydrogen) atoms. The third-order valence-electron chi connectivity index (χ3n) is 2.08. The molecule has 0 bridgehead atoms. The SMILES string of the molecule is CC(C)(C)OCC(O)CNc1cccc(F)c1. The fourth-order valence-electron chi connectivity index (χ4n) is 1.24. The van der Waals surface area contributed by atoms with Crippen LogP contribution in [0, 0.1) is 5.82 Å². The molecule has 0 saturated heterocycles. The summed E-state index contributed by atoms with van der Waals surface area (Å²) >= 11 is 0. The molecule has 0 aliphatic heterocycles. The number of anilines is 1. The average molecular weight is 241 g/mol. The van der Waals surface area contributed by atoms with E-state index in [1.165, 1.54) is 12.1 Å². The summed E-state index contributed by atoms with van der Waals surface area (Å²) in [5.74, 6) is -0.296. The number of hydrogen-bond donors (Lipinski definition) is 2. The highest BCUT2D eigenvalue weighted by Crippen LogP contribution is 2.10. The molecule has 0 aromatic heterocycles. The zero-order valence-corrected chi connectivity index (χ0v) is 10.5. The smallest absolute Gasteiger partial charge is 0.125 e. The molecule has 0 saturated carbocycles. The summed E-state index contributed by atoms with van der Waals surface area (Å²) in [4.78, 5) is 0. The highest BCUT2D eigenvalue weighted by molar-refractivity contribution is 5.43. The average Bonchev–Trinajstić information content (AvgIpc) is 2.23. The zero-order chi connectivity index (χ0) is 12.9. The summed E-state index contributed by atoms with van der Waals surface area (Å²) in [6.45, 7) is 6.38. The minimum atomic E-state index is -0.613. The van der Waals surface area contributed by atoms with Crippen molar-refractivity contribution < 1.29 is 14.2 Å². The quantitative estimate of drug-likeness (QED) is 0.831. The molecule has 0 radical (unpaired) electrons. The van der Waals surface area contributed by atoms with Crippen LogP contribution in [-0.2, 0) is 4.74 Å². The van der Waals surface area contributed by atoms with Crippen LogP contribution < -0.4 is 5.32 Å². The predicted octanol–water partition coefficient (Wildman–Crippen LogP) is 2.41. The minimum absolute atomic E-state index is 0.256. The van der Waals surface area contributed by atoms with Gasteiger partial charge >= 0.3 is 0 Å². The van der Waals surface area contributed by atoms with Gasteiger partial charge in [-0.2, -0.15) is 0 Å². The van der Waals surface area contributed by atoms with Crippen LogP contribution in [0.4, 0.5) is 10.1 Å². The molecule has 0 amide bonds. The van der Waals surface area contributed by atoms with Crippen LogP contribution in [0.2, 0.25) is 0 Å². The van der Waals surface area contributed by atoms with Crippen molar-refractivity contribution in [1.29, 1.82) is 0 Å². The Labute approximate surface area is 102 Å². The molecule has 2 N–H and O–H groups in total. The Kier molecular flexibility index (Phi) is 4.90. The van der Waals surface area contributed by atoms with Crippen LogP contribution in [0.25, 0.3) is 0 Å². The van der Waals surface area contributed by atoms with Gasteiger partial charge in [-0.25, -0.2) is 4.39 Å². The second-order valence-electron chi connectivity index (χ2n) is 4.97. The van der Waals surface area contributed by atoms with Crippen molar-refractivity contribution in [2.75, 3.05) is 18.5 Å². The van der Waals surface area contributed by atoms with Gasteiger partial charge in [0, 0.05) is 12.2 Å². The zero-order valence-electron chi connectivity index (χ0n) is 10.5. The molecular weight excluding hydrogens is 221 g/mol. The maximum Gasteiger partial charge on any atom is 0.125 e. The Hall–Kier alpha value is -1.13. The number of halogens is 1. The summed E-state index contributed by atoms with van der Waals surface area (Å²) in [5.41, 5.74) is 0.389. The summed E-state index contributed by atoms with van der Waals surface area (Å²) in [7, 11) is 0. The third-order valence-corrected chi connectivity index (χ3v) is 2.08. The Balaban J connectivity index is 2.31. The van der Waals surface area contributed by atoms with Gasteiger partial charge in [0.2, 0.25) is 0 Å². The van der Waals surface area contributed by atoms with E-state index in [-0.39, 0.29) is 18.0 Å². The highest BCUT2D eigenvalue weighted by Gasteiger charge is 2.13. The fourth-order valence-corrected chi connectivity index (χ4v) is 1.24. The summed E-state index contributed by atoms with van der Waals surface area (Å²) in [6, 6.07) is 6.14. The van der Waals surface area contributed by atoms with Crippen molar-refractivity contribution in [1.82, 2.24) is 0 Å². The molecule has 0 aliphatic rings. The topological polar surface area (TPSA) is 41.5 Å². The lowest BCUT2D eigenvalue weighted by Gasteiger charge is -2.22. The molecule has 0 spiro atoms. The minimum Gasteiger partial charge on any atom is -0.389 e. The van der Waals surface area contributed by atoms with E-state index in [9.17, 15) is 9.50 Å². The number of ether oxygens (including phenoxy) is 1. The first-order chi connectivity index (χ1) is 7.87. The van der Waals surface area contributed by atoms with Gasteiger partial charge in [-0.15, -0.1) is 0 Å². The van der Waals surface area contributed by atoms with E-state index in [1.807, 2.05) is 20.8 Å². The van der Waals surface area contributed by atoms with Gasteiger partial charge in [0.25, 0.3) is 0 Å². The Morgan fingerprint density at radius 1 is 1.41 bits per heavy atom. The largest absolute Gasteiger partial charge is 0.389 e. The normalized spacial score (nSPS) is 13.5. The molecular formula is C13H20FNO2. The molecule has 3 nitrogen and oxygen atoms in total. The Morgan fingerprint density at radius 2 is 2.12 bits per heavy atom. The van der Waals surface area contributed by atoms with E-state index >= 15 is 0 Å². The molecule has 1 aromatic carbocycles. The van der Waals surface area contributed by atoms with Crippen molar-refractivity contribution in [3.05, 3.63) is 30.1 Å². The first kappa shape index (κ1) is 13.9. The molecule has 4 heteroatoms. The summed E-state index contributed by atoms with van der Waals surface area (Å²) < 4.78 is 18.3. The van der Waals surface area contributed by atoms with Gasteiger partial charge in [0.1, 0.15) is 5.82 Å². The second kappa shape index (κ2) is 5.98. The van der Waals surface area contributed by atoms with Crippen LogP contribution in [0.15, 0.2) is 24.3 Å². The first-order valence-electron chi connectivity index (χ1n) is 5.68. The van der Waals surface area contributed by atoms with Crippen LogP contribution >= 0.6 is 0 Å². The van der Waals surface area contributed by atoms with Gasteiger partial charge in [-0.1, -0.05) is 6.07 Å². The number of benzene rings is 1. The van der Waals surface area contributed by atoms with Gasteiger partial charge < -0.3 is 15.2 Å². The lowest BCUT2D eigenvalue weighted by Crippen LogP contribution is -2.30. The Bertz CT molecular complexity index is 350.